The standard InChI is InChI=1S/C6H15N.5CH5N.2CH4/c1-3-4-5-6-7-2;5*1-2;;/h7H,3-6H2,1-2H3;5*2H2,1H3;2*1H4. The van der Waals surface area contributed by atoms with Gasteiger partial charge in [-0.15, -0.1) is 0 Å². The Kier molecular flexibility index (Phi) is 592. The minimum atomic E-state index is 0. The highest BCUT2D eigenvalue weighted by Gasteiger charge is 1.78. The smallest absolute Gasteiger partial charge is 0.00519 e. The Morgan fingerprint density at radius 3 is 1.05 bits per heavy atom. The van der Waals surface area contributed by atoms with Crippen LogP contribution in [0.1, 0.15) is 41.0 Å². The summed E-state index contributed by atoms with van der Waals surface area (Å²) < 4.78 is 0. The zero-order valence-corrected chi connectivity index (χ0v) is 13.2. The predicted molar refractivity (Wildman–Crippen MR) is 97.5 cm³/mol. The second kappa shape index (κ2) is 220. The van der Waals surface area contributed by atoms with Gasteiger partial charge in [0, 0.05) is 0 Å². The van der Waals surface area contributed by atoms with Crippen molar-refractivity contribution in [3.63, 3.8) is 0 Å². The number of hydrogen-bond acceptors (Lipinski definition) is 6. The molecule has 0 bridgehead atoms. The zero-order valence-electron chi connectivity index (χ0n) is 13.2. The number of unbranched alkanes of at least 4 members (excludes halogenated alkanes) is 2. The van der Waals surface area contributed by atoms with Gasteiger partial charge in [0.2, 0.25) is 0 Å². The lowest BCUT2D eigenvalue weighted by molar-refractivity contribution is 0.667. The summed E-state index contributed by atoms with van der Waals surface area (Å²) in [6.07, 6.45) is 4.01. The Morgan fingerprint density at radius 1 is 0.632 bits per heavy atom. The Morgan fingerprint density at radius 2 is 0.895 bits per heavy atom. The Bertz CT molecular complexity index is 36.3. The highest BCUT2D eigenvalue weighted by molar-refractivity contribution is 4.39. The van der Waals surface area contributed by atoms with Crippen molar-refractivity contribution < 1.29 is 0 Å². The molecule has 0 aromatic carbocycles. The summed E-state index contributed by atoms with van der Waals surface area (Å²) in [6, 6.07) is 0. The van der Waals surface area contributed by atoms with Gasteiger partial charge in [-0.25, -0.2) is 0 Å². The van der Waals surface area contributed by atoms with Crippen LogP contribution < -0.4 is 34.0 Å². The summed E-state index contributed by atoms with van der Waals surface area (Å²) in [4.78, 5) is 0. The molecule has 0 heterocycles. The van der Waals surface area contributed by atoms with Crippen molar-refractivity contribution in [2.75, 3.05) is 48.8 Å². The topological polar surface area (TPSA) is 142 Å². The van der Waals surface area contributed by atoms with E-state index < -0.39 is 0 Å². The lowest BCUT2D eigenvalue weighted by Gasteiger charge is -1.93. The van der Waals surface area contributed by atoms with Crippen LogP contribution in [-0.2, 0) is 0 Å². The minimum absolute atomic E-state index is 0. The van der Waals surface area contributed by atoms with Crippen LogP contribution in [0, 0.1) is 0 Å². The molecule has 0 unspecified atom stereocenters. The molecule has 130 valence electrons. The van der Waals surface area contributed by atoms with Crippen molar-refractivity contribution in [1.29, 1.82) is 0 Å². The van der Waals surface area contributed by atoms with E-state index in [1.54, 1.807) is 0 Å². The molecule has 11 N–H and O–H groups in total. The summed E-state index contributed by atoms with van der Waals surface area (Å²) in [5.74, 6) is 0. The van der Waals surface area contributed by atoms with E-state index in [1.165, 1.54) is 61.0 Å². The minimum Gasteiger partial charge on any atom is -0.333 e. The Labute approximate surface area is 124 Å². The van der Waals surface area contributed by atoms with Crippen molar-refractivity contribution in [2.24, 2.45) is 28.7 Å². The average Bonchev–Trinajstić information content (AvgIpc) is 2.50. The molecule has 0 fully saturated rings. The van der Waals surface area contributed by atoms with E-state index in [2.05, 4.69) is 40.9 Å². The molecule has 0 spiro atoms. The first-order valence-corrected chi connectivity index (χ1v) is 5.95. The van der Waals surface area contributed by atoms with E-state index in [4.69, 9.17) is 0 Å². The van der Waals surface area contributed by atoms with E-state index in [0.717, 1.165) is 0 Å². The van der Waals surface area contributed by atoms with Gasteiger partial charge in [0.25, 0.3) is 0 Å². The molecule has 0 radical (unpaired) electrons. The summed E-state index contributed by atoms with van der Waals surface area (Å²) in [7, 11) is 9.50. The van der Waals surface area contributed by atoms with Gasteiger partial charge < -0.3 is 34.0 Å². The molecule has 0 amide bonds. The first-order chi connectivity index (χ1) is 8.41. The maximum Gasteiger partial charge on any atom is -0.00519 e. The summed E-state index contributed by atoms with van der Waals surface area (Å²) in [5, 5.41) is 3.10. The zero-order chi connectivity index (χ0) is 15.5. The van der Waals surface area contributed by atoms with Gasteiger partial charge in [-0.05, 0) is 55.3 Å². The first-order valence-electron chi connectivity index (χ1n) is 5.95. The number of nitrogens with one attached hydrogen (secondary N) is 1. The molecule has 6 nitrogen and oxygen atoms in total. The summed E-state index contributed by atoms with van der Waals surface area (Å²) >= 11 is 0. The van der Waals surface area contributed by atoms with Gasteiger partial charge in [-0.3, -0.25) is 0 Å². The molecule has 19 heavy (non-hydrogen) atoms. The van der Waals surface area contributed by atoms with E-state index >= 15 is 0 Å². The fourth-order valence-electron chi connectivity index (χ4n) is 0.552. The van der Waals surface area contributed by atoms with Gasteiger partial charge in [0.1, 0.15) is 0 Å². The molecule has 0 atom stereocenters. The van der Waals surface area contributed by atoms with E-state index in [9.17, 15) is 0 Å². The predicted octanol–water partition coefficient (Wildman–Crippen LogP) is 0.543. The molecule has 0 saturated carbocycles. The fourth-order valence-corrected chi connectivity index (χ4v) is 0.552. The largest absolute Gasteiger partial charge is 0.333 e. The maximum atomic E-state index is 4.50. The number of rotatable bonds is 4. The normalized spacial score (nSPS) is 5.05. The monoisotopic (exact) mass is 288 g/mol. The van der Waals surface area contributed by atoms with Crippen LogP contribution in [0.3, 0.4) is 0 Å². The van der Waals surface area contributed by atoms with Crippen molar-refractivity contribution >= 4 is 0 Å². The third kappa shape index (κ3) is 312. The van der Waals surface area contributed by atoms with Crippen molar-refractivity contribution in [3.8, 4) is 0 Å². The van der Waals surface area contributed by atoms with Crippen molar-refractivity contribution in [3.05, 3.63) is 0 Å². The number of nitrogens with two attached hydrogens (primary N) is 5. The molecule has 0 rings (SSSR count). The van der Waals surface area contributed by atoms with E-state index in [-0.39, 0.29) is 14.9 Å². The van der Waals surface area contributed by atoms with Gasteiger partial charge in [-0.2, -0.15) is 0 Å². The molecule has 0 saturated heterocycles. The molecular formula is C13H48N6. The highest BCUT2D eigenvalue weighted by atomic mass is 14.8. The highest BCUT2D eigenvalue weighted by Crippen LogP contribution is 1.89. The molecule has 0 aliphatic heterocycles. The van der Waals surface area contributed by atoms with Crippen LogP contribution in [0.4, 0.5) is 0 Å². The van der Waals surface area contributed by atoms with Crippen LogP contribution in [0.25, 0.3) is 0 Å². The number of hydrogen-bond donors (Lipinski definition) is 6. The maximum absolute atomic E-state index is 4.50. The molecule has 6 heteroatoms. The van der Waals surface area contributed by atoms with Crippen LogP contribution >= 0.6 is 0 Å². The van der Waals surface area contributed by atoms with Gasteiger partial charge in [0.05, 0.1) is 0 Å². The average molecular weight is 289 g/mol. The van der Waals surface area contributed by atoms with Crippen molar-refractivity contribution in [2.45, 2.75) is 41.0 Å². The molecule has 0 aromatic heterocycles. The summed E-state index contributed by atoms with van der Waals surface area (Å²) in [5.41, 5.74) is 22.5. The van der Waals surface area contributed by atoms with Gasteiger partial charge in [-0.1, -0.05) is 34.6 Å². The Balaban J connectivity index is -0.0000000146. The first kappa shape index (κ1) is 51.1. The second-order valence-corrected chi connectivity index (χ2v) is 1.81. The van der Waals surface area contributed by atoms with Crippen LogP contribution in [0.15, 0.2) is 0 Å². The van der Waals surface area contributed by atoms with Gasteiger partial charge in [0.15, 0.2) is 0 Å². The SMILES string of the molecule is C.C.CCCCCNC.CN.CN.CN.CN.CN. The second-order valence-electron chi connectivity index (χ2n) is 1.81. The van der Waals surface area contributed by atoms with Crippen LogP contribution in [-0.4, -0.2) is 48.8 Å². The van der Waals surface area contributed by atoms with E-state index in [1.807, 2.05) is 7.05 Å². The van der Waals surface area contributed by atoms with Crippen LogP contribution in [0.2, 0.25) is 0 Å². The van der Waals surface area contributed by atoms with E-state index in [0.29, 0.717) is 0 Å². The lowest BCUT2D eigenvalue weighted by atomic mass is 10.2. The molecular weight excluding hydrogens is 240 g/mol. The van der Waals surface area contributed by atoms with Crippen LogP contribution in [0.5, 0.6) is 0 Å². The van der Waals surface area contributed by atoms with Gasteiger partial charge >= 0.3 is 0 Å². The Hall–Kier alpha value is -0.240. The quantitative estimate of drug-likeness (QED) is 0.417. The third-order valence-electron chi connectivity index (χ3n) is 1.03. The van der Waals surface area contributed by atoms with Crippen molar-refractivity contribution in [1.82, 2.24) is 5.32 Å². The molecule has 0 aliphatic carbocycles. The summed E-state index contributed by atoms with van der Waals surface area (Å²) in [6.45, 7) is 3.39. The lowest BCUT2D eigenvalue weighted by Crippen LogP contribution is -2.06. The molecule has 0 aliphatic rings. The molecule has 0 aromatic rings. The fraction of sp³-hybridized carbons (Fsp3) is 1.00. The third-order valence-corrected chi connectivity index (χ3v) is 1.03.